The summed E-state index contributed by atoms with van der Waals surface area (Å²) in [5.41, 5.74) is -0.607. The highest BCUT2D eigenvalue weighted by atomic mass is 16.2. The Hall–Kier alpha value is -1.34. The van der Waals surface area contributed by atoms with Crippen molar-refractivity contribution in [1.29, 1.82) is 0 Å². The Bertz CT molecular complexity index is 319. The summed E-state index contributed by atoms with van der Waals surface area (Å²) in [6.07, 6.45) is 8.78. The first-order chi connectivity index (χ1) is 7.58. The van der Waals surface area contributed by atoms with E-state index in [9.17, 15) is 9.59 Å². The van der Waals surface area contributed by atoms with Crippen molar-refractivity contribution < 1.29 is 9.59 Å². The zero-order valence-corrected chi connectivity index (χ0v) is 9.64. The molecule has 0 radical (unpaired) electrons. The number of hydrogen-bond acceptors (Lipinski definition) is 3. The van der Waals surface area contributed by atoms with Crippen molar-refractivity contribution in [3.63, 3.8) is 0 Å². The third kappa shape index (κ3) is 3.35. The largest absolute Gasteiger partial charge is 0.304 e. The molecule has 0 aromatic heterocycles. The Morgan fingerprint density at radius 1 is 1.50 bits per heavy atom. The van der Waals surface area contributed by atoms with Crippen LogP contribution in [0.3, 0.4) is 0 Å². The highest BCUT2D eigenvalue weighted by molar-refractivity contribution is 6.02. The quantitative estimate of drug-likeness (QED) is 0.406. The summed E-state index contributed by atoms with van der Waals surface area (Å²) >= 11 is 0. The van der Waals surface area contributed by atoms with E-state index in [1.807, 2.05) is 6.92 Å². The van der Waals surface area contributed by atoms with Gasteiger partial charge in [0.25, 0.3) is 0 Å². The zero-order chi connectivity index (χ0) is 12.0. The Kier molecular flexibility index (Phi) is 4.51. The summed E-state index contributed by atoms with van der Waals surface area (Å²) in [7, 11) is 0. The minimum absolute atomic E-state index is 0.184. The van der Waals surface area contributed by atoms with Gasteiger partial charge in [-0.05, 0) is 32.7 Å². The zero-order valence-electron chi connectivity index (χ0n) is 9.64. The van der Waals surface area contributed by atoms with Crippen molar-refractivity contribution in [3.8, 4) is 12.3 Å². The molecule has 1 heterocycles. The summed E-state index contributed by atoms with van der Waals surface area (Å²) in [5, 5.41) is 5.54. The number of terminal acetylenes is 1. The Morgan fingerprint density at radius 2 is 2.25 bits per heavy atom. The molecule has 0 aromatic rings. The number of hydrogen-bond donors (Lipinski definition) is 2. The lowest BCUT2D eigenvalue weighted by molar-refractivity contribution is -0.138. The van der Waals surface area contributed by atoms with Crippen LogP contribution in [-0.2, 0) is 9.59 Å². The smallest absolute Gasteiger partial charge is 0.246 e. The monoisotopic (exact) mass is 222 g/mol. The van der Waals surface area contributed by atoms with Gasteiger partial charge >= 0.3 is 0 Å². The third-order valence-electron chi connectivity index (χ3n) is 2.87. The first-order valence-electron chi connectivity index (χ1n) is 5.61. The Balaban J connectivity index is 2.32. The topological polar surface area (TPSA) is 58.2 Å². The first-order valence-corrected chi connectivity index (χ1v) is 5.61. The molecule has 1 aliphatic heterocycles. The standard InChI is InChI=1S/C12H18N2O2/c1-3-4-5-6-9-13-12(2)8-7-10(15)14-11(12)16/h1,13H,4-9H2,2H3,(H,14,15,16)/t12-/m0/s1. The Morgan fingerprint density at radius 3 is 2.88 bits per heavy atom. The van der Waals surface area contributed by atoms with Crippen molar-refractivity contribution in [2.24, 2.45) is 0 Å². The predicted octanol–water partition coefficient (Wildman–Crippen LogP) is 0.575. The van der Waals surface area contributed by atoms with Crippen LogP contribution in [0.15, 0.2) is 0 Å². The number of piperidine rings is 1. The highest BCUT2D eigenvalue weighted by Crippen LogP contribution is 2.17. The van der Waals surface area contributed by atoms with Crippen LogP contribution in [0.5, 0.6) is 0 Å². The number of unbranched alkanes of at least 4 members (excludes halogenated alkanes) is 2. The van der Waals surface area contributed by atoms with E-state index >= 15 is 0 Å². The normalized spacial score (nSPS) is 25.0. The van der Waals surface area contributed by atoms with Crippen LogP contribution in [0.1, 0.15) is 39.0 Å². The average molecular weight is 222 g/mol. The SMILES string of the molecule is C#CCCCCN[C@@]1(C)CCC(=O)NC1=O. The summed E-state index contributed by atoms with van der Waals surface area (Å²) in [6, 6.07) is 0. The molecular formula is C12H18N2O2. The maximum atomic E-state index is 11.6. The summed E-state index contributed by atoms with van der Waals surface area (Å²) in [5.74, 6) is 2.17. The van der Waals surface area contributed by atoms with Crippen molar-refractivity contribution >= 4 is 11.8 Å². The molecule has 0 aliphatic carbocycles. The average Bonchev–Trinajstić information content (AvgIpc) is 2.24. The number of amides is 2. The van der Waals surface area contributed by atoms with E-state index in [0.29, 0.717) is 12.8 Å². The highest BCUT2D eigenvalue weighted by Gasteiger charge is 2.37. The molecule has 1 saturated heterocycles. The van der Waals surface area contributed by atoms with Crippen LogP contribution < -0.4 is 10.6 Å². The van der Waals surface area contributed by atoms with E-state index in [0.717, 1.165) is 25.8 Å². The molecule has 1 atom stereocenters. The van der Waals surface area contributed by atoms with Gasteiger partial charge < -0.3 is 5.32 Å². The van der Waals surface area contributed by atoms with Crippen LogP contribution in [0, 0.1) is 12.3 Å². The molecule has 0 bridgehead atoms. The van der Waals surface area contributed by atoms with Crippen LogP contribution >= 0.6 is 0 Å². The number of rotatable bonds is 5. The van der Waals surface area contributed by atoms with E-state index < -0.39 is 5.54 Å². The molecule has 2 N–H and O–H groups in total. The van der Waals surface area contributed by atoms with Gasteiger partial charge in [-0.1, -0.05) is 0 Å². The molecule has 0 unspecified atom stereocenters. The first kappa shape index (κ1) is 12.7. The maximum absolute atomic E-state index is 11.6. The van der Waals surface area contributed by atoms with E-state index in [4.69, 9.17) is 6.42 Å². The summed E-state index contributed by atoms with van der Waals surface area (Å²) in [6.45, 7) is 2.58. The Labute approximate surface area is 96.2 Å². The fourth-order valence-electron chi connectivity index (χ4n) is 1.69. The molecule has 16 heavy (non-hydrogen) atoms. The van der Waals surface area contributed by atoms with Gasteiger partial charge in [-0.3, -0.25) is 14.9 Å². The van der Waals surface area contributed by atoms with E-state index in [1.165, 1.54) is 0 Å². The second kappa shape index (κ2) is 5.66. The number of nitrogens with one attached hydrogen (secondary N) is 2. The van der Waals surface area contributed by atoms with Gasteiger partial charge in [0.1, 0.15) is 0 Å². The molecule has 1 rings (SSSR count). The number of imide groups is 1. The molecule has 1 aliphatic rings. The fraction of sp³-hybridized carbons (Fsp3) is 0.667. The van der Waals surface area contributed by atoms with Gasteiger partial charge in [-0.2, -0.15) is 0 Å². The maximum Gasteiger partial charge on any atom is 0.246 e. The van der Waals surface area contributed by atoms with Gasteiger partial charge in [-0.25, -0.2) is 0 Å². The van der Waals surface area contributed by atoms with Crippen molar-refractivity contribution in [2.75, 3.05) is 6.54 Å². The van der Waals surface area contributed by atoms with Crippen LogP contribution in [-0.4, -0.2) is 23.9 Å². The molecule has 0 spiro atoms. The van der Waals surface area contributed by atoms with E-state index in [-0.39, 0.29) is 11.8 Å². The molecule has 0 saturated carbocycles. The van der Waals surface area contributed by atoms with Crippen LogP contribution in [0.2, 0.25) is 0 Å². The number of carbonyl (C=O) groups excluding carboxylic acids is 2. The molecule has 4 heteroatoms. The second-order valence-electron chi connectivity index (χ2n) is 4.30. The lowest BCUT2D eigenvalue weighted by Gasteiger charge is -2.32. The van der Waals surface area contributed by atoms with Gasteiger partial charge in [0.05, 0.1) is 5.54 Å². The second-order valence-corrected chi connectivity index (χ2v) is 4.30. The third-order valence-corrected chi connectivity index (χ3v) is 2.87. The predicted molar refractivity (Wildman–Crippen MR) is 61.5 cm³/mol. The van der Waals surface area contributed by atoms with E-state index in [2.05, 4.69) is 16.6 Å². The van der Waals surface area contributed by atoms with Crippen LogP contribution in [0.25, 0.3) is 0 Å². The van der Waals surface area contributed by atoms with Crippen molar-refractivity contribution in [2.45, 2.75) is 44.6 Å². The summed E-state index contributed by atoms with van der Waals surface area (Å²) in [4.78, 5) is 22.6. The fourth-order valence-corrected chi connectivity index (χ4v) is 1.69. The minimum atomic E-state index is -0.607. The van der Waals surface area contributed by atoms with Crippen molar-refractivity contribution in [3.05, 3.63) is 0 Å². The van der Waals surface area contributed by atoms with Crippen LogP contribution in [0.4, 0.5) is 0 Å². The molecule has 88 valence electrons. The lowest BCUT2D eigenvalue weighted by atomic mass is 9.91. The molecule has 1 fully saturated rings. The lowest BCUT2D eigenvalue weighted by Crippen LogP contribution is -2.59. The van der Waals surface area contributed by atoms with Gasteiger partial charge in [0, 0.05) is 12.8 Å². The van der Waals surface area contributed by atoms with Gasteiger partial charge in [0.15, 0.2) is 0 Å². The number of carbonyl (C=O) groups is 2. The van der Waals surface area contributed by atoms with Gasteiger partial charge in [0.2, 0.25) is 11.8 Å². The molecule has 2 amide bonds. The molecule has 0 aromatic carbocycles. The molecule has 4 nitrogen and oxygen atoms in total. The van der Waals surface area contributed by atoms with Crippen molar-refractivity contribution in [1.82, 2.24) is 10.6 Å². The molecular weight excluding hydrogens is 204 g/mol. The van der Waals surface area contributed by atoms with E-state index in [1.54, 1.807) is 0 Å². The van der Waals surface area contributed by atoms with Gasteiger partial charge in [-0.15, -0.1) is 12.3 Å². The minimum Gasteiger partial charge on any atom is -0.304 e. The summed E-state index contributed by atoms with van der Waals surface area (Å²) < 4.78 is 0.